The van der Waals surface area contributed by atoms with Gasteiger partial charge in [-0.1, -0.05) is 0 Å². The van der Waals surface area contributed by atoms with Crippen LogP contribution in [-0.2, 0) is 23.8 Å². The molecule has 11 heteroatoms. The van der Waals surface area contributed by atoms with E-state index >= 15 is 0 Å². The molecule has 1 amide bonds. The van der Waals surface area contributed by atoms with E-state index in [4.69, 9.17) is 14.2 Å². The number of carbonyl (C=O) groups is 3. The predicted octanol–water partition coefficient (Wildman–Crippen LogP) is 2.17. The number of hydrogen-bond acceptors (Lipinski definition) is 9. The van der Waals surface area contributed by atoms with E-state index in [9.17, 15) is 19.5 Å². The Hall–Kier alpha value is -2.92. The van der Waals surface area contributed by atoms with Crippen molar-refractivity contribution in [2.75, 3.05) is 0 Å². The largest absolute Gasteiger partial charge is 0.511 e. The fraction of sp³-hybridized carbons (Fsp3) is 0.500. The van der Waals surface area contributed by atoms with E-state index in [0.717, 1.165) is 10.5 Å². The standard InChI is InChI=1S/C20H23N3O7S/c1-9(2)28-20(27)30-11(4)29-19(26)17-12(14-7-31-15-6-21-8-22(14)15)5-13-16(10(3)24)18(25)23(13)17/h6-11,13,16,24H,5H2,1-4H3/t10-,11?,13-,16-/m1/s1. The number of thiazole rings is 1. The van der Waals surface area contributed by atoms with Crippen LogP contribution in [0.1, 0.15) is 39.8 Å². The maximum Gasteiger partial charge on any atom is 0.511 e. The smallest absolute Gasteiger partial charge is 0.431 e. The molecule has 1 unspecified atom stereocenters. The Kier molecular flexibility index (Phi) is 5.48. The lowest BCUT2D eigenvalue weighted by molar-refractivity contribution is -0.173. The van der Waals surface area contributed by atoms with Gasteiger partial charge in [0.05, 0.1) is 36.1 Å². The summed E-state index contributed by atoms with van der Waals surface area (Å²) in [6.45, 7) is 6.28. The highest BCUT2D eigenvalue weighted by atomic mass is 32.1. The van der Waals surface area contributed by atoms with Gasteiger partial charge in [-0.15, -0.1) is 11.3 Å². The van der Waals surface area contributed by atoms with E-state index in [1.54, 1.807) is 33.3 Å². The van der Waals surface area contributed by atoms with Crippen LogP contribution in [-0.4, -0.2) is 62.0 Å². The van der Waals surface area contributed by atoms with Crippen molar-refractivity contribution in [2.45, 2.75) is 58.7 Å². The van der Waals surface area contributed by atoms with Crippen LogP contribution < -0.4 is 0 Å². The van der Waals surface area contributed by atoms with Crippen LogP contribution in [0.2, 0.25) is 0 Å². The molecule has 4 atom stereocenters. The van der Waals surface area contributed by atoms with E-state index in [1.807, 2.05) is 9.78 Å². The summed E-state index contributed by atoms with van der Waals surface area (Å²) in [6.07, 6.45) is 0.333. The Morgan fingerprint density at radius 3 is 2.65 bits per heavy atom. The third kappa shape index (κ3) is 3.68. The van der Waals surface area contributed by atoms with Gasteiger partial charge in [-0.3, -0.25) is 9.20 Å². The summed E-state index contributed by atoms with van der Waals surface area (Å²) in [6, 6.07) is -0.342. The summed E-state index contributed by atoms with van der Waals surface area (Å²) >= 11 is 1.46. The van der Waals surface area contributed by atoms with Gasteiger partial charge in [-0.25, -0.2) is 14.6 Å². The van der Waals surface area contributed by atoms with Crippen molar-refractivity contribution in [3.63, 3.8) is 0 Å². The summed E-state index contributed by atoms with van der Waals surface area (Å²) in [7, 11) is 0. The van der Waals surface area contributed by atoms with Crippen LogP contribution >= 0.6 is 11.3 Å². The van der Waals surface area contributed by atoms with Crippen molar-refractivity contribution in [3.05, 3.63) is 29.3 Å². The second-order valence-corrected chi connectivity index (χ2v) is 8.69. The molecule has 0 spiro atoms. The molecule has 1 fully saturated rings. The zero-order chi connectivity index (χ0) is 22.4. The summed E-state index contributed by atoms with van der Waals surface area (Å²) in [4.78, 5) is 43.8. The predicted molar refractivity (Wildman–Crippen MR) is 109 cm³/mol. The number of ether oxygens (including phenoxy) is 3. The highest BCUT2D eigenvalue weighted by Gasteiger charge is 2.57. The number of esters is 1. The summed E-state index contributed by atoms with van der Waals surface area (Å²) in [5.41, 5.74) is 1.43. The Morgan fingerprint density at radius 1 is 1.23 bits per heavy atom. The fourth-order valence-corrected chi connectivity index (χ4v) is 4.88. The van der Waals surface area contributed by atoms with Crippen LogP contribution in [0.4, 0.5) is 4.79 Å². The SMILES string of the molecule is CC(C)OC(=O)OC(C)OC(=O)C1=C(c2csc3cncn23)C[C@@H]2[C@@H]([C@@H](C)O)C(=O)N12. The van der Waals surface area contributed by atoms with Crippen LogP contribution in [0, 0.1) is 5.92 Å². The normalized spacial score (nSPS) is 22.4. The van der Waals surface area contributed by atoms with Crippen LogP contribution in [0.5, 0.6) is 0 Å². The molecule has 0 bridgehead atoms. The number of aromatic nitrogens is 2. The average Bonchev–Trinajstić information content (AvgIpc) is 3.32. The Balaban J connectivity index is 1.62. The number of nitrogens with zero attached hydrogens (tertiary/aromatic N) is 3. The molecule has 0 aliphatic carbocycles. The van der Waals surface area contributed by atoms with E-state index in [0.29, 0.717) is 12.0 Å². The topological polar surface area (TPSA) is 120 Å². The number of fused-ring (bicyclic) bond motifs is 2. The van der Waals surface area contributed by atoms with Crippen molar-refractivity contribution in [2.24, 2.45) is 5.92 Å². The molecule has 4 heterocycles. The molecule has 2 aliphatic heterocycles. The zero-order valence-electron chi connectivity index (χ0n) is 17.5. The van der Waals surface area contributed by atoms with Crippen LogP contribution in [0.3, 0.4) is 0 Å². The monoisotopic (exact) mass is 449 g/mol. The molecule has 2 aromatic heterocycles. The molecular formula is C20H23N3O7S. The first-order chi connectivity index (χ1) is 14.7. The fourth-order valence-electron chi connectivity index (χ4n) is 4.01. The average molecular weight is 449 g/mol. The minimum absolute atomic E-state index is 0.0907. The van der Waals surface area contributed by atoms with Gasteiger partial charge in [0.2, 0.25) is 12.2 Å². The number of imidazole rings is 1. The third-order valence-corrected chi connectivity index (χ3v) is 6.14. The number of hydrogen-bond donors (Lipinski definition) is 1. The third-order valence-electron chi connectivity index (χ3n) is 5.25. The lowest BCUT2D eigenvalue weighted by Crippen LogP contribution is -2.62. The minimum atomic E-state index is -1.22. The Morgan fingerprint density at radius 2 is 1.97 bits per heavy atom. The maximum absolute atomic E-state index is 13.1. The van der Waals surface area contributed by atoms with Gasteiger partial charge in [0.25, 0.3) is 0 Å². The summed E-state index contributed by atoms with van der Waals surface area (Å²) < 4.78 is 17.0. The molecule has 1 N–H and O–H groups in total. The summed E-state index contributed by atoms with van der Waals surface area (Å²) in [5, 5.41) is 11.9. The van der Waals surface area contributed by atoms with E-state index < -0.39 is 30.4 Å². The van der Waals surface area contributed by atoms with Crippen molar-refractivity contribution in [3.8, 4) is 0 Å². The molecule has 0 aromatic carbocycles. The molecular weight excluding hydrogens is 426 g/mol. The zero-order valence-corrected chi connectivity index (χ0v) is 18.3. The quantitative estimate of drug-likeness (QED) is 0.405. The summed E-state index contributed by atoms with van der Waals surface area (Å²) in [5.74, 6) is -1.72. The molecule has 4 rings (SSSR count). The second kappa shape index (κ2) is 7.97. The van der Waals surface area contributed by atoms with Crippen LogP contribution in [0.25, 0.3) is 10.4 Å². The lowest BCUT2D eigenvalue weighted by Gasteiger charge is -2.44. The van der Waals surface area contributed by atoms with Gasteiger partial charge in [-0.2, -0.15) is 0 Å². The van der Waals surface area contributed by atoms with Crippen molar-refractivity contribution in [1.29, 1.82) is 0 Å². The van der Waals surface area contributed by atoms with Gasteiger partial charge in [0.1, 0.15) is 16.9 Å². The number of aliphatic hydroxyl groups excluding tert-OH is 1. The van der Waals surface area contributed by atoms with Gasteiger partial charge in [-0.05, 0) is 27.2 Å². The van der Waals surface area contributed by atoms with Gasteiger partial charge in [0, 0.05) is 17.9 Å². The lowest BCUT2D eigenvalue weighted by atomic mass is 9.83. The molecule has 0 saturated carbocycles. The number of β-lactam (4-membered cyclic amide) rings is 1. The number of amides is 1. The molecule has 166 valence electrons. The van der Waals surface area contributed by atoms with Gasteiger partial charge in [0.15, 0.2) is 0 Å². The molecule has 2 aliphatic rings. The number of carbonyl (C=O) groups excluding carboxylic acids is 3. The van der Waals surface area contributed by atoms with Crippen molar-refractivity contribution in [1.82, 2.24) is 14.3 Å². The first-order valence-corrected chi connectivity index (χ1v) is 10.8. The first-order valence-electron chi connectivity index (χ1n) is 9.91. The molecule has 2 aromatic rings. The van der Waals surface area contributed by atoms with E-state index in [1.165, 1.54) is 23.2 Å². The number of rotatable bonds is 6. The molecule has 0 radical (unpaired) electrons. The highest BCUT2D eigenvalue weighted by molar-refractivity contribution is 7.15. The van der Waals surface area contributed by atoms with E-state index in [-0.39, 0.29) is 23.8 Å². The Labute approximate surface area is 182 Å². The molecule has 31 heavy (non-hydrogen) atoms. The van der Waals surface area contributed by atoms with Crippen molar-refractivity contribution < 1.29 is 33.7 Å². The Bertz CT molecular complexity index is 1070. The van der Waals surface area contributed by atoms with Gasteiger partial charge >= 0.3 is 12.1 Å². The van der Waals surface area contributed by atoms with Crippen molar-refractivity contribution >= 4 is 39.8 Å². The molecule has 1 saturated heterocycles. The second-order valence-electron chi connectivity index (χ2n) is 7.80. The van der Waals surface area contributed by atoms with Crippen LogP contribution in [0.15, 0.2) is 23.6 Å². The maximum atomic E-state index is 13.1. The van der Waals surface area contributed by atoms with Gasteiger partial charge < -0.3 is 24.2 Å². The number of aliphatic hydroxyl groups is 1. The van der Waals surface area contributed by atoms with E-state index in [2.05, 4.69) is 4.98 Å². The highest BCUT2D eigenvalue weighted by Crippen LogP contribution is 2.47. The minimum Gasteiger partial charge on any atom is -0.431 e. The first kappa shape index (κ1) is 21.3. The molecule has 10 nitrogen and oxygen atoms in total.